The van der Waals surface area contributed by atoms with Crippen molar-refractivity contribution in [1.29, 1.82) is 0 Å². The van der Waals surface area contributed by atoms with Crippen molar-refractivity contribution in [3.63, 3.8) is 0 Å². The summed E-state index contributed by atoms with van der Waals surface area (Å²) in [5, 5.41) is 2.61. The summed E-state index contributed by atoms with van der Waals surface area (Å²) in [6, 6.07) is 10.8. The predicted molar refractivity (Wildman–Crippen MR) is 91.8 cm³/mol. The third kappa shape index (κ3) is 4.81. The van der Waals surface area contributed by atoms with Gasteiger partial charge in [0.15, 0.2) is 0 Å². The highest BCUT2D eigenvalue weighted by molar-refractivity contribution is 6.39. The fourth-order valence-corrected chi connectivity index (χ4v) is 2.15. The van der Waals surface area contributed by atoms with E-state index in [4.69, 9.17) is 4.74 Å². The van der Waals surface area contributed by atoms with Crippen molar-refractivity contribution in [2.45, 2.75) is 13.3 Å². The van der Waals surface area contributed by atoms with Crippen molar-refractivity contribution >= 4 is 17.5 Å². The van der Waals surface area contributed by atoms with Crippen LogP contribution in [-0.4, -0.2) is 41.9 Å². The van der Waals surface area contributed by atoms with Gasteiger partial charge in [-0.3, -0.25) is 14.6 Å². The number of benzene rings is 1. The molecule has 0 atom stereocenters. The van der Waals surface area contributed by atoms with Crippen molar-refractivity contribution < 1.29 is 14.3 Å². The molecule has 0 saturated heterocycles. The first kappa shape index (κ1) is 17.5. The fourth-order valence-electron chi connectivity index (χ4n) is 2.15. The van der Waals surface area contributed by atoms with Crippen molar-refractivity contribution in [3.05, 3.63) is 54.4 Å². The van der Waals surface area contributed by atoms with Gasteiger partial charge in [-0.2, -0.15) is 0 Å². The first-order valence-electron chi connectivity index (χ1n) is 7.79. The smallest absolute Gasteiger partial charge is 0.313 e. The summed E-state index contributed by atoms with van der Waals surface area (Å²) in [4.78, 5) is 29.7. The lowest BCUT2D eigenvalue weighted by Gasteiger charge is -2.17. The molecule has 0 bridgehead atoms. The van der Waals surface area contributed by atoms with Crippen LogP contribution in [0.3, 0.4) is 0 Å². The van der Waals surface area contributed by atoms with Crippen LogP contribution in [0.2, 0.25) is 0 Å². The van der Waals surface area contributed by atoms with Crippen molar-refractivity contribution in [2.24, 2.45) is 0 Å². The lowest BCUT2D eigenvalue weighted by Crippen LogP contribution is -2.38. The number of hydrogen-bond acceptors (Lipinski definition) is 4. The number of ether oxygens (including phenoxy) is 1. The monoisotopic (exact) mass is 327 g/mol. The minimum Gasteiger partial charge on any atom is -0.492 e. The molecule has 1 aromatic carbocycles. The molecule has 0 saturated carbocycles. The summed E-state index contributed by atoms with van der Waals surface area (Å²) in [5.41, 5.74) is 1.55. The van der Waals surface area contributed by atoms with Crippen LogP contribution in [0.4, 0.5) is 5.69 Å². The molecule has 2 amide bonds. The largest absolute Gasteiger partial charge is 0.492 e. The minimum atomic E-state index is -0.681. The Labute approximate surface area is 141 Å². The molecule has 0 aliphatic carbocycles. The molecule has 0 spiro atoms. The van der Waals surface area contributed by atoms with Gasteiger partial charge in [-0.25, -0.2) is 0 Å². The quantitative estimate of drug-likeness (QED) is 0.825. The fraction of sp³-hybridized carbons (Fsp3) is 0.278. The van der Waals surface area contributed by atoms with Crippen LogP contribution in [0.5, 0.6) is 5.75 Å². The molecule has 2 rings (SSSR count). The van der Waals surface area contributed by atoms with E-state index in [1.54, 1.807) is 37.6 Å². The Bertz CT molecular complexity index is 689. The van der Waals surface area contributed by atoms with Gasteiger partial charge in [0.25, 0.3) is 0 Å². The van der Waals surface area contributed by atoms with Gasteiger partial charge in [-0.05, 0) is 43.2 Å². The third-order valence-corrected chi connectivity index (χ3v) is 3.46. The van der Waals surface area contributed by atoms with Crippen LogP contribution in [0.1, 0.15) is 12.5 Å². The van der Waals surface area contributed by atoms with Gasteiger partial charge in [0.1, 0.15) is 5.75 Å². The van der Waals surface area contributed by atoms with Gasteiger partial charge in [0.2, 0.25) is 0 Å². The van der Waals surface area contributed by atoms with Crippen LogP contribution >= 0.6 is 0 Å². The highest BCUT2D eigenvalue weighted by Gasteiger charge is 2.19. The Morgan fingerprint density at radius 3 is 2.58 bits per heavy atom. The first-order valence-corrected chi connectivity index (χ1v) is 7.79. The number of rotatable bonds is 6. The number of anilines is 1. The maximum Gasteiger partial charge on any atom is 0.313 e. The van der Waals surface area contributed by atoms with Crippen LogP contribution in [0.25, 0.3) is 0 Å². The average molecular weight is 327 g/mol. The lowest BCUT2D eigenvalue weighted by molar-refractivity contribution is -0.142. The molecule has 0 unspecified atom stereocenters. The number of para-hydroxylation sites is 2. The summed E-state index contributed by atoms with van der Waals surface area (Å²) >= 11 is 0. The van der Waals surface area contributed by atoms with Gasteiger partial charge < -0.3 is 15.0 Å². The summed E-state index contributed by atoms with van der Waals surface area (Å²) in [7, 11) is 1.61. The van der Waals surface area contributed by atoms with E-state index < -0.39 is 11.8 Å². The number of hydrogen-bond donors (Lipinski definition) is 1. The molecule has 6 nitrogen and oxygen atoms in total. The van der Waals surface area contributed by atoms with E-state index in [0.29, 0.717) is 31.0 Å². The molecule has 1 heterocycles. The van der Waals surface area contributed by atoms with Gasteiger partial charge >= 0.3 is 11.8 Å². The minimum absolute atomic E-state index is 0.448. The van der Waals surface area contributed by atoms with E-state index in [1.807, 2.05) is 25.1 Å². The number of aromatic nitrogens is 1. The Morgan fingerprint density at radius 2 is 1.88 bits per heavy atom. The second kappa shape index (κ2) is 8.67. The molecule has 1 N–H and O–H groups in total. The SMILES string of the molecule is CCOc1ccccc1NC(=O)C(=O)N(C)CCc1ccncc1. The molecule has 0 fully saturated rings. The number of carbonyl (C=O) groups is 2. The van der Waals surface area contributed by atoms with E-state index in [0.717, 1.165) is 5.56 Å². The number of pyridine rings is 1. The molecule has 0 aliphatic heterocycles. The van der Waals surface area contributed by atoms with Crippen LogP contribution in [-0.2, 0) is 16.0 Å². The molecule has 126 valence electrons. The molecule has 0 aliphatic rings. The standard InChI is InChI=1S/C18H21N3O3/c1-3-24-16-7-5-4-6-15(16)20-17(22)18(23)21(2)13-10-14-8-11-19-12-9-14/h4-9,11-12H,3,10,13H2,1-2H3,(H,20,22). The molecule has 1 aromatic heterocycles. The van der Waals surface area contributed by atoms with E-state index in [9.17, 15) is 9.59 Å². The Kier molecular flexibility index (Phi) is 6.31. The first-order chi connectivity index (χ1) is 11.6. The maximum atomic E-state index is 12.2. The number of nitrogens with zero attached hydrogens (tertiary/aromatic N) is 2. The second-order valence-corrected chi connectivity index (χ2v) is 5.22. The Morgan fingerprint density at radius 1 is 1.17 bits per heavy atom. The number of nitrogens with one attached hydrogen (secondary N) is 1. The zero-order chi connectivity index (χ0) is 17.4. The Hall–Kier alpha value is -2.89. The average Bonchev–Trinajstić information content (AvgIpc) is 2.61. The normalized spacial score (nSPS) is 10.1. The topological polar surface area (TPSA) is 71.5 Å². The van der Waals surface area contributed by atoms with Crippen LogP contribution in [0.15, 0.2) is 48.8 Å². The van der Waals surface area contributed by atoms with Crippen LogP contribution < -0.4 is 10.1 Å². The number of amides is 2. The zero-order valence-corrected chi connectivity index (χ0v) is 13.9. The van der Waals surface area contributed by atoms with E-state index in [2.05, 4.69) is 10.3 Å². The van der Waals surface area contributed by atoms with Crippen LogP contribution in [0, 0.1) is 0 Å². The predicted octanol–water partition coefficient (Wildman–Crippen LogP) is 2.12. The van der Waals surface area contributed by atoms with Crippen molar-refractivity contribution in [2.75, 3.05) is 25.5 Å². The number of likely N-dealkylation sites (N-methyl/N-ethyl adjacent to an activating group) is 1. The summed E-state index contributed by atoms with van der Waals surface area (Å²) in [5.74, 6) is -0.727. The summed E-state index contributed by atoms with van der Waals surface area (Å²) in [6.45, 7) is 2.78. The Balaban J connectivity index is 1.93. The molecule has 0 radical (unpaired) electrons. The summed E-state index contributed by atoms with van der Waals surface area (Å²) in [6.07, 6.45) is 4.07. The highest BCUT2D eigenvalue weighted by atomic mass is 16.5. The molecular weight excluding hydrogens is 306 g/mol. The lowest BCUT2D eigenvalue weighted by atomic mass is 10.2. The second-order valence-electron chi connectivity index (χ2n) is 5.22. The highest BCUT2D eigenvalue weighted by Crippen LogP contribution is 2.23. The summed E-state index contributed by atoms with van der Waals surface area (Å²) < 4.78 is 5.44. The maximum absolute atomic E-state index is 12.2. The third-order valence-electron chi connectivity index (χ3n) is 3.46. The molecule has 2 aromatic rings. The van der Waals surface area contributed by atoms with Gasteiger partial charge in [0, 0.05) is 26.0 Å². The number of carbonyl (C=O) groups excluding carboxylic acids is 2. The van der Waals surface area contributed by atoms with Gasteiger partial charge in [-0.1, -0.05) is 12.1 Å². The van der Waals surface area contributed by atoms with Crippen molar-refractivity contribution in [3.8, 4) is 5.75 Å². The van der Waals surface area contributed by atoms with Gasteiger partial charge in [-0.15, -0.1) is 0 Å². The van der Waals surface area contributed by atoms with E-state index >= 15 is 0 Å². The molecular formula is C18H21N3O3. The van der Waals surface area contributed by atoms with Gasteiger partial charge in [0.05, 0.1) is 12.3 Å². The van der Waals surface area contributed by atoms with Crippen molar-refractivity contribution in [1.82, 2.24) is 9.88 Å². The van der Waals surface area contributed by atoms with E-state index in [-0.39, 0.29) is 0 Å². The zero-order valence-electron chi connectivity index (χ0n) is 13.9. The molecule has 6 heteroatoms. The molecule has 24 heavy (non-hydrogen) atoms. The van der Waals surface area contributed by atoms with E-state index in [1.165, 1.54) is 4.90 Å².